The number of thiazole rings is 1. The number of aromatic nitrogens is 3. The summed E-state index contributed by atoms with van der Waals surface area (Å²) in [6.07, 6.45) is 6.30. The molecule has 2 aromatic rings. The highest BCUT2D eigenvalue weighted by Gasteiger charge is 2.14. The molecule has 1 atom stereocenters. The first-order valence-electron chi connectivity index (χ1n) is 4.61. The van der Waals surface area contributed by atoms with Crippen LogP contribution in [-0.4, -0.2) is 14.5 Å². The molecular weight excluding hydrogens is 210 g/mol. The summed E-state index contributed by atoms with van der Waals surface area (Å²) in [6.45, 7) is 0. The Morgan fingerprint density at radius 1 is 1.53 bits per heavy atom. The Morgan fingerprint density at radius 3 is 2.93 bits per heavy atom. The topological polar surface area (TPSA) is 68.8 Å². The van der Waals surface area contributed by atoms with Gasteiger partial charge in [0.1, 0.15) is 0 Å². The molecule has 0 saturated carbocycles. The van der Waals surface area contributed by atoms with Gasteiger partial charge in [-0.05, 0) is 0 Å². The second-order valence-electron chi connectivity index (χ2n) is 3.32. The van der Waals surface area contributed by atoms with Gasteiger partial charge in [-0.15, -0.1) is 11.3 Å². The average molecular weight is 223 g/mol. The van der Waals surface area contributed by atoms with E-state index in [1.165, 1.54) is 4.88 Å². The molecule has 0 saturated heterocycles. The Labute approximate surface area is 91.9 Å². The quantitative estimate of drug-likeness (QED) is 0.589. The molecule has 0 aliphatic carbocycles. The molecule has 0 fully saturated rings. The van der Waals surface area contributed by atoms with Crippen LogP contribution in [0.4, 0.5) is 0 Å². The molecule has 5 nitrogen and oxygen atoms in total. The van der Waals surface area contributed by atoms with Gasteiger partial charge < -0.3 is 4.57 Å². The first kappa shape index (κ1) is 10.3. The minimum absolute atomic E-state index is 0.0814. The van der Waals surface area contributed by atoms with Crippen LogP contribution in [-0.2, 0) is 13.5 Å². The summed E-state index contributed by atoms with van der Waals surface area (Å²) in [5.74, 6) is 5.54. The highest BCUT2D eigenvalue weighted by molar-refractivity contribution is 7.09. The van der Waals surface area contributed by atoms with Crippen molar-refractivity contribution >= 4 is 11.3 Å². The van der Waals surface area contributed by atoms with Crippen LogP contribution in [0.5, 0.6) is 0 Å². The molecule has 1 unspecified atom stereocenters. The Balaban J connectivity index is 2.15. The SMILES string of the molecule is Cn1cncc1C(Cc1cncs1)NN. The van der Waals surface area contributed by atoms with Gasteiger partial charge >= 0.3 is 0 Å². The Morgan fingerprint density at radius 2 is 2.40 bits per heavy atom. The third-order valence-electron chi connectivity index (χ3n) is 2.30. The van der Waals surface area contributed by atoms with Crippen molar-refractivity contribution in [3.63, 3.8) is 0 Å². The van der Waals surface area contributed by atoms with Gasteiger partial charge in [0, 0.05) is 30.7 Å². The number of nitrogens with zero attached hydrogens (tertiary/aromatic N) is 3. The fourth-order valence-corrected chi connectivity index (χ4v) is 2.14. The van der Waals surface area contributed by atoms with Crippen LogP contribution in [0.2, 0.25) is 0 Å². The number of nitrogens with two attached hydrogens (primary N) is 1. The number of rotatable bonds is 4. The summed E-state index contributed by atoms with van der Waals surface area (Å²) in [4.78, 5) is 9.32. The average Bonchev–Trinajstić information content (AvgIpc) is 2.85. The van der Waals surface area contributed by atoms with Crippen molar-refractivity contribution in [1.82, 2.24) is 20.0 Å². The zero-order chi connectivity index (χ0) is 10.7. The van der Waals surface area contributed by atoms with Gasteiger partial charge in [-0.3, -0.25) is 16.3 Å². The largest absolute Gasteiger partial charge is 0.336 e. The van der Waals surface area contributed by atoms with Crippen LogP contribution in [0.3, 0.4) is 0 Å². The van der Waals surface area contributed by atoms with E-state index in [4.69, 9.17) is 5.84 Å². The fourth-order valence-electron chi connectivity index (χ4n) is 1.50. The van der Waals surface area contributed by atoms with E-state index >= 15 is 0 Å². The molecule has 3 N–H and O–H groups in total. The van der Waals surface area contributed by atoms with Crippen molar-refractivity contribution in [3.05, 3.63) is 34.8 Å². The van der Waals surface area contributed by atoms with E-state index in [1.54, 1.807) is 17.7 Å². The standard InChI is InChI=1S/C9H13N5S/c1-14-5-11-4-9(14)8(13-10)2-7-3-12-6-15-7/h3-6,8,13H,2,10H2,1H3. The maximum Gasteiger partial charge on any atom is 0.0946 e. The Kier molecular flexibility index (Phi) is 3.10. The summed E-state index contributed by atoms with van der Waals surface area (Å²) < 4.78 is 1.96. The van der Waals surface area contributed by atoms with Crippen LogP contribution in [0.25, 0.3) is 0 Å². The number of imidazole rings is 1. The third-order valence-corrected chi connectivity index (χ3v) is 3.10. The summed E-state index contributed by atoms with van der Waals surface area (Å²) in [7, 11) is 1.96. The maximum atomic E-state index is 5.54. The van der Waals surface area contributed by atoms with Gasteiger partial charge in [-0.1, -0.05) is 0 Å². The molecule has 2 aromatic heterocycles. The van der Waals surface area contributed by atoms with Crippen molar-refractivity contribution in [1.29, 1.82) is 0 Å². The second kappa shape index (κ2) is 4.52. The lowest BCUT2D eigenvalue weighted by Gasteiger charge is -2.14. The molecule has 80 valence electrons. The van der Waals surface area contributed by atoms with Crippen molar-refractivity contribution in [2.45, 2.75) is 12.5 Å². The molecule has 0 bridgehead atoms. The van der Waals surface area contributed by atoms with Gasteiger partial charge in [-0.25, -0.2) is 4.98 Å². The number of hydrazine groups is 1. The number of hydrogen-bond donors (Lipinski definition) is 2. The van der Waals surface area contributed by atoms with Crippen LogP contribution in [0, 0.1) is 0 Å². The molecule has 15 heavy (non-hydrogen) atoms. The predicted octanol–water partition coefficient (Wildman–Crippen LogP) is 0.624. The van der Waals surface area contributed by atoms with Gasteiger partial charge in [0.05, 0.1) is 23.6 Å². The first-order chi connectivity index (χ1) is 7.31. The molecule has 0 aliphatic heterocycles. The van der Waals surface area contributed by atoms with E-state index in [1.807, 2.05) is 29.5 Å². The van der Waals surface area contributed by atoms with E-state index in [0.717, 1.165) is 12.1 Å². The first-order valence-corrected chi connectivity index (χ1v) is 5.49. The summed E-state index contributed by atoms with van der Waals surface area (Å²) in [6, 6.07) is 0.0814. The molecule has 0 aliphatic rings. The number of aryl methyl sites for hydroxylation is 1. The van der Waals surface area contributed by atoms with Crippen molar-refractivity contribution in [2.75, 3.05) is 0 Å². The molecule has 0 spiro atoms. The fraction of sp³-hybridized carbons (Fsp3) is 0.333. The second-order valence-corrected chi connectivity index (χ2v) is 4.29. The highest BCUT2D eigenvalue weighted by atomic mass is 32.1. The van der Waals surface area contributed by atoms with Crippen molar-refractivity contribution in [3.8, 4) is 0 Å². The van der Waals surface area contributed by atoms with Crippen molar-refractivity contribution < 1.29 is 0 Å². The van der Waals surface area contributed by atoms with Gasteiger partial charge in [-0.2, -0.15) is 0 Å². The van der Waals surface area contributed by atoms with Crippen LogP contribution in [0.15, 0.2) is 24.2 Å². The van der Waals surface area contributed by atoms with Crippen LogP contribution in [0.1, 0.15) is 16.6 Å². The lowest BCUT2D eigenvalue weighted by molar-refractivity contribution is 0.524. The third kappa shape index (κ3) is 2.23. The molecular formula is C9H13N5S. The van der Waals surface area contributed by atoms with E-state index in [9.17, 15) is 0 Å². The Bertz CT molecular complexity index is 408. The van der Waals surface area contributed by atoms with E-state index in [-0.39, 0.29) is 6.04 Å². The normalized spacial score (nSPS) is 12.9. The van der Waals surface area contributed by atoms with Crippen LogP contribution < -0.4 is 11.3 Å². The van der Waals surface area contributed by atoms with Gasteiger partial charge in [0.15, 0.2) is 0 Å². The summed E-state index contributed by atoms with van der Waals surface area (Å²) in [5, 5.41) is 0. The lowest BCUT2D eigenvalue weighted by Crippen LogP contribution is -2.30. The Hall–Kier alpha value is -1.24. The highest BCUT2D eigenvalue weighted by Crippen LogP contribution is 2.18. The van der Waals surface area contributed by atoms with Gasteiger partial charge in [0.2, 0.25) is 0 Å². The van der Waals surface area contributed by atoms with E-state index in [2.05, 4.69) is 15.4 Å². The minimum Gasteiger partial charge on any atom is -0.336 e. The number of nitrogens with one attached hydrogen (secondary N) is 1. The zero-order valence-corrected chi connectivity index (χ0v) is 9.24. The summed E-state index contributed by atoms with van der Waals surface area (Å²) >= 11 is 1.63. The van der Waals surface area contributed by atoms with Crippen molar-refractivity contribution in [2.24, 2.45) is 12.9 Å². The molecule has 2 rings (SSSR count). The minimum atomic E-state index is 0.0814. The molecule has 0 aromatic carbocycles. The summed E-state index contributed by atoms with van der Waals surface area (Å²) in [5.41, 5.74) is 5.70. The zero-order valence-electron chi connectivity index (χ0n) is 8.42. The predicted molar refractivity (Wildman–Crippen MR) is 59.1 cm³/mol. The van der Waals surface area contributed by atoms with Crippen LogP contribution >= 0.6 is 11.3 Å². The smallest absolute Gasteiger partial charge is 0.0946 e. The molecule has 0 radical (unpaired) electrons. The molecule has 6 heteroatoms. The lowest BCUT2D eigenvalue weighted by atomic mass is 10.1. The van der Waals surface area contributed by atoms with E-state index in [0.29, 0.717) is 0 Å². The molecule has 2 heterocycles. The molecule has 0 amide bonds. The monoisotopic (exact) mass is 223 g/mol. The van der Waals surface area contributed by atoms with Gasteiger partial charge in [0.25, 0.3) is 0 Å². The van der Waals surface area contributed by atoms with E-state index < -0.39 is 0 Å². The number of hydrogen-bond acceptors (Lipinski definition) is 5. The maximum absolute atomic E-state index is 5.54.